The van der Waals surface area contributed by atoms with Gasteiger partial charge in [-0.1, -0.05) is 39.0 Å². The van der Waals surface area contributed by atoms with E-state index in [1.807, 2.05) is 12.1 Å². The van der Waals surface area contributed by atoms with Crippen molar-refractivity contribution in [3.63, 3.8) is 0 Å². The first-order valence-corrected chi connectivity index (χ1v) is 7.77. The van der Waals surface area contributed by atoms with E-state index in [0.717, 1.165) is 24.7 Å². The minimum Gasteiger partial charge on any atom is -0.491 e. The molecule has 0 aliphatic heterocycles. The van der Waals surface area contributed by atoms with Gasteiger partial charge < -0.3 is 15.4 Å². The zero-order chi connectivity index (χ0) is 15.7. The van der Waals surface area contributed by atoms with Gasteiger partial charge in [0, 0.05) is 13.1 Å². The number of guanidine groups is 1. The molecule has 0 aliphatic rings. The number of aliphatic imine (C=N–C) groups is 1. The van der Waals surface area contributed by atoms with Crippen LogP contribution in [0.2, 0.25) is 0 Å². The van der Waals surface area contributed by atoms with Crippen molar-refractivity contribution in [2.45, 2.75) is 46.1 Å². The van der Waals surface area contributed by atoms with Crippen LogP contribution in [0.1, 0.15) is 45.6 Å². The van der Waals surface area contributed by atoms with Crippen molar-refractivity contribution < 1.29 is 4.74 Å². The third kappa shape index (κ3) is 6.06. The van der Waals surface area contributed by atoms with Gasteiger partial charge in [-0.15, -0.1) is 0 Å². The van der Waals surface area contributed by atoms with Crippen LogP contribution in [0.15, 0.2) is 29.3 Å². The number of ether oxygens (including phenoxy) is 1. The lowest BCUT2D eigenvalue weighted by atomic mass is 10.0. The first-order chi connectivity index (χ1) is 10.1. The van der Waals surface area contributed by atoms with Crippen LogP contribution < -0.4 is 15.4 Å². The Morgan fingerprint density at radius 1 is 1.24 bits per heavy atom. The van der Waals surface area contributed by atoms with E-state index in [1.165, 1.54) is 5.56 Å². The van der Waals surface area contributed by atoms with Crippen LogP contribution in [-0.2, 0) is 0 Å². The van der Waals surface area contributed by atoms with Gasteiger partial charge in [0.2, 0.25) is 0 Å². The Labute approximate surface area is 129 Å². The van der Waals surface area contributed by atoms with Crippen LogP contribution in [-0.4, -0.2) is 32.2 Å². The van der Waals surface area contributed by atoms with Gasteiger partial charge in [-0.3, -0.25) is 4.99 Å². The summed E-state index contributed by atoms with van der Waals surface area (Å²) in [6.45, 7) is 9.99. The summed E-state index contributed by atoms with van der Waals surface area (Å²) < 4.78 is 5.88. The van der Waals surface area contributed by atoms with E-state index in [4.69, 9.17) is 4.74 Å². The summed E-state index contributed by atoms with van der Waals surface area (Å²) in [4.78, 5) is 4.21. The van der Waals surface area contributed by atoms with Gasteiger partial charge in [0.15, 0.2) is 5.96 Å². The van der Waals surface area contributed by atoms with Crippen molar-refractivity contribution in [1.29, 1.82) is 0 Å². The molecule has 2 N–H and O–H groups in total. The quantitative estimate of drug-likeness (QED) is 0.461. The second-order valence-electron chi connectivity index (χ2n) is 5.49. The van der Waals surface area contributed by atoms with Gasteiger partial charge in [-0.2, -0.15) is 0 Å². The molecule has 0 saturated carbocycles. The molecule has 0 saturated heterocycles. The molecule has 0 aliphatic carbocycles. The van der Waals surface area contributed by atoms with Crippen molar-refractivity contribution in [3.05, 3.63) is 29.8 Å². The van der Waals surface area contributed by atoms with E-state index >= 15 is 0 Å². The molecular formula is C17H29N3O. The fourth-order valence-electron chi connectivity index (χ4n) is 1.95. The lowest BCUT2D eigenvalue weighted by molar-refractivity contribution is 0.317. The van der Waals surface area contributed by atoms with Gasteiger partial charge in [-0.25, -0.2) is 0 Å². The number of nitrogens with zero attached hydrogens (tertiary/aromatic N) is 1. The van der Waals surface area contributed by atoms with E-state index in [2.05, 4.69) is 55.5 Å². The highest BCUT2D eigenvalue weighted by Crippen LogP contribution is 2.25. The number of hydrogen-bond donors (Lipinski definition) is 2. The maximum absolute atomic E-state index is 5.88. The SMILES string of the molecule is CCC(C)NC(=NC)NCCOc1ccccc1C(C)C. The summed E-state index contributed by atoms with van der Waals surface area (Å²) in [6, 6.07) is 8.63. The lowest BCUT2D eigenvalue weighted by Crippen LogP contribution is -2.43. The van der Waals surface area contributed by atoms with Crippen molar-refractivity contribution >= 4 is 5.96 Å². The summed E-state index contributed by atoms with van der Waals surface area (Å²) in [6.07, 6.45) is 1.07. The Kier molecular flexibility index (Phi) is 7.65. The van der Waals surface area contributed by atoms with Crippen molar-refractivity contribution in [3.8, 4) is 5.75 Å². The number of hydrogen-bond acceptors (Lipinski definition) is 2. The van der Waals surface area contributed by atoms with Crippen LogP contribution in [0.3, 0.4) is 0 Å². The van der Waals surface area contributed by atoms with E-state index in [-0.39, 0.29) is 0 Å². The number of rotatable bonds is 7. The van der Waals surface area contributed by atoms with Gasteiger partial charge in [0.1, 0.15) is 12.4 Å². The number of para-hydroxylation sites is 1. The summed E-state index contributed by atoms with van der Waals surface area (Å²) in [5.74, 6) is 2.26. The Morgan fingerprint density at radius 2 is 1.95 bits per heavy atom. The molecule has 4 nitrogen and oxygen atoms in total. The molecule has 1 unspecified atom stereocenters. The van der Waals surface area contributed by atoms with Crippen molar-refractivity contribution in [2.75, 3.05) is 20.2 Å². The van der Waals surface area contributed by atoms with Crippen molar-refractivity contribution in [2.24, 2.45) is 4.99 Å². The molecule has 0 spiro atoms. The molecule has 0 radical (unpaired) electrons. The predicted octanol–water partition coefficient (Wildman–Crippen LogP) is 3.15. The van der Waals surface area contributed by atoms with E-state index < -0.39 is 0 Å². The summed E-state index contributed by atoms with van der Waals surface area (Å²) >= 11 is 0. The van der Waals surface area contributed by atoms with Crippen LogP contribution in [0.5, 0.6) is 5.75 Å². The molecule has 0 amide bonds. The second kappa shape index (κ2) is 9.27. The fraction of sp³-hybridized carbons (Fsp3) is 0.588. The zero-order valence-electron chi connectivity index (χ0n) is 13.9. The Bertz CT molecular complexity index is 443. The van der Waals surface area contributed by atoms with Gasteiger partial charge in [0.25, 0.3) is 0 Å². The van der Waals surface area contributed by atoms with E-state index in [0.29, 0.717) is 18.6 Å². The van der Waals surface area contributed by atoms with Gasteiger partial charge >= 0.3 is 0 Å². The molecular weight excluding hydrogens is 262 g/mol. The Hall–Kier alpha value is -1.71. The molecule has 21 heavy (non-hydrogen) atoms. The van der Waals surface area contributed by atoms with Crippen LogP contribution in [0, 0.1) is 0 Å². The normalized spacial score (nSPS) is 13.1. The number of benzene rings is 1. The summed E-state index contributed by atoms with van der Waals surface area (Å²) in [7, 11) is 1.78. The average molecular weight is 291 g/mol. The van der Waals surface area contributed by atoms with E-state index in [1.54, 1.807) is 7.05 Å². The summed E-state index contributed by atoms with van der Waals surface area (Å²) in [5.41, 5.74) is 1.25. The maximum Gasteiger partial charge on any atom is 0.191 e. The molecule has 0 fully saturated rings. The molecule has 0 bridgehead atoms. The van der Waals surface area contributed by atoms with E-state index in [9.17, 15) is 0 Å². The maximum atomic E-state index is 5.88. The van der Waals surface area contributed by atoms with Gasteiger partial charge in [0.05, 0.1) is 6.54 Å². The monoisotopic (exact) mass is 291 g/mol. The third-order valence-electron chi connectivity index (χ3n) is 3.41. The van der Waals surface area contributed by atoms with Gasteiger partial charge in [-0.05, 0) is 30.9 Å². The summed E-state index contributed by atoms with van der Waals surface area (Å²) in [5, 5.41) is 6.60. The fourth-order valence-corrected chi connectivity index (χ4v) is 1.95. The van der Waals surface area contributed by atoms with Crippen LogP contribution in [0.4, 0.5) is 0 Å². The third-order valence-corrected chi connectivity index (χ3v) is 3.41. The lowest BCUT2D eigenvalue weighted by Gasteiger charge is -2.17. The smallest absolute Gasteiger partial charge is 0.191 e. The Morgan fingerprint density at radius 3 is 2.57 bits per heavy atom. The molecule has 1 aromatic carbocycles. The predicted molar refractivity (Wildman–Crippen MR) is 90.3 cm³/mol. The largest absolute Gasteiger partial charge is 0.491 e. The van der Waals surface area contributed by atoms with Crippen LogP contribution in [0.25, 0.3) is 0 Å². The first-order valence-electron chi connectivity index (χ1n) is 7.77. The first kappa shape index (κ1) is 17.3. The standard InChI is InChI=1S/C17H29N3O/c1-6-14(4)20-17(18-5)19-11-12-21-16-10-8-7-9-15(16)13(2)3/h7-10,13-14H,6,11-12H2,1-5H3,(H2,18,19,20). The number of nitrogens with one attached hydrogen (secondary N) is 2. The molecule has 1 atom stereocenters. The highest BCUT2D eigenvalue weighted by molar-refractivity contribution is 5.79. The topological polar surface area (TPSA) is 45.7 Å². The molecule has 4 heteroatoms. The molecule has 0 aromatic heterocycles. The highest BCUT2D eigenvalue weighted by Gasteiger charge is 2.07. The molecule has 1 rings (SSSR count). The average Bonchev–Trinajstić information content (AvgIpc) is 2.50. The van der Waals surface area contributed by atoms with Crippen molar-refractivity contribution in [1.82, 2.24) is 10.6 Å². The zero-order valence-corrected chi connectivity index (χ0v) is 13.9. The minimum atomic E-state index is 0.416. The molecule has 0 heterocycles. The second-order valence-corrected chi connectivity index (χ2v) is 5.49. The minimum absolute atomic E-state index is 0.416. The molecule has 118 valence electrons. The van der Waals surface area contributed by atoms with Crippen LogP contribution >= 0.6 is 0 Å². The molecule has 1 aromatic rings. The highest BCUT2D eigenvalue weighted by atomic mass is 16.5. The Balaban J connectivity index is 2.40.